The van der Waals surface area contributed by atoms with E-state index in [4.69, 9.17) is 11.6 Å². The number of alkyl halides is 1. The van der Waals surface area contributed by atoms with Crippen LogP contribution in [0.5, 0.6) is 0 Å². The van der Waals surface area contributed by atoms with Gasteiger partial charge in [0.25, 0.3) is 5.91 Å². The molecule has 20 heavy (non-hydrogen) atoms. The molecule has 3 nitrogen and oxygen atoms in total. The van der Waals surface area contributed by atoms with Crippen molar-refractivity contribution in [1.29, 1.82) is 0 Å². The van der Waals surface area contributed by atoms with Crippen LogP contribution in [0.3, 0.4) is 0 Å². The van der Waals surface area contributed by atoms with Crippen LogP contribution in [-0.4, -0.2) is 54.3 Å². The van der Waals surface area contributed by atoms with Crippen LogP contribution in [0.25, 0.3) is 0 Å². The van der Waals surface area contributed by atoms with Crippen molar-refractivity contribution in [2.24, 2.45) is 0 Å². The van der Waals surface area contributed by atoms with E-state index in [1.54, 1.807) is 4.90 Å². The van der Waals surface area contributed by atoms with Crippen molar-refractivity contribution in [3.63, 3.8) is 0 Å². The van der Waals surface area contributed by atoms with Gasteiger partial charge in [0.2, 0.25) is 0 Å². The van der Waals surface area contributed by atoms with Crippen molar-refractivity contribution in [2.45, 2.75) is 6.42 Å². The van der Waals surface area contributed by atoms with Gasteiger partial charge in [-0.1, -0.05) is 0 Å². The van der Waals surface area contributed by atoms with Crippen LogP contribution in [0.15, 0.2) is 18.2 Å². The van der Waals surface area contributed by atoms with Crippen LogP contribution in [0.4, 0.5) is 8.78 Å². The van der Waals surface area contributed by atoms with E-state index in [1.165, 1.54) is 6.07 Å². The van der Waals surface area contributed by atoms with Crippen LogP contribution in [-0.2, 0) is 0 Å². The lowest BCUT2D eigenvalue weighted by atomic mass is 10.2. The average Bonchev–Trinajstić information content (AvgIpc) is 2.67. The molecule has 0 spiro atoms. The molecule has 0 radical (unpaired) electrons. The number of hydrogen-bond acceptors (Lipinski definition) is 2. The van der Waals surface area contributed by atoms with Gasteiger partial charge in [0, 0.05) is 37.6 Å². The maximum atomic E-state index is 13.2. The molecule has 1 amide bonds. The van der Waals surface area contributed by atoms with Crippen LogP contribution in [0.2, 0.25) is 0 Å². The summed E-state index contributed by atoms with van der Waals surface area (Å²) in [6.45, 7) is 3.65. The SMILES string of the molecule is O=C(c1ccc(F)c(F)c1)N1CCCN(CCCl)CC1. The van der Waals surface area contributed by atoms with Crippen molar-refractivity contribution < 1.29 is 13.6 Å². The zero-order chi connectivity index (χ0) is 14.5. The number of halogens is 3. The molecular formula is C14H17ClF2N2O. The van der Waals surface area contributed by atoms with Crippen LogP contribution >= 0.6 is 11.6 Å². The molecule has 0 unspecified atom stereocenters. The number of nitrogens with zero attached hydrogens (tertiary/aromatic N) is 2. The van der Waals surface area contributed by atoms with E-state index in [2.05, 4.69) is 4.90 Å². The average molecular weight is 303 g/mol. The fourth-order valence-electron chi connectivity index (χ4n) is 2.33. The molecular weight excluding hydrogens is 286 g/mol. The molecule has 1 saturated heterocycles. The molecule has 0 bridgehead atoms. The van der Waals surface area contributed by atoms with Gasteiger partial charge in [0.1, 0.15) is 0 Å². The van der Waals surface area contributed by atoms with E-state index in [1.807, 2.05) is 0 Å². The molecule has 2 rings (SSSR count). The molecule has 0 atom stereocenters. The second kappa shape index (κ2) is 6.99. The zero-order valence-corrected chi connectivity index (χ0v) is 11.9. The highest BCUT2D eigenvalue weighted by Crippen LogP contribution is 2.13. The summed E-state index contributed by atoms with van der Waals surface area (Å²) in [4.78, 5) is 16.2. The van der Waals surface area contributed by atoms with E-state index in [0.29, 0.717) is 19.0 Å². The normalized spacial score (nSPS) is 17.1. The van der Waals surface area contributed by atoms with E-state index >= 15 is 0 Å². The summed E-state index contributed by atoms with van der Waals surface area (Å²) in [5, 5.41) is 0. The highest BCUT2D eigenvalue weighted by atomic mass is 35.5. The van der Waals surface area contributed by atoms with Gasteiger partial charge in [-0.2, -0.15) is 0 Å². The minimum atomic E-state index is -0.991. The summed E-state index contributed by atoms with van der Waals surface area (Å²) in [7, 11) is 0. The van der Waals surface area contributed by atoms with E-state index in [9.17, 15) is 13.6 Å². The molecule has 1 aliphatic heterocycles. The second-order valence-electron chi connectivity index (χ2n) is 4.81. The molecule has 0 aromatic heterocycles. The van der Waals surface area contributed by atoms with Crippen LogP contribution in [0.1, 0.15) is 16.8 Å². The molecule has 0 saturated carbocycles. The van der Waals surface area contributed by atoms with Gasteiger partial charge in [-0.15, -0.1) is 11.6 Å². The Hall–Kier alpha value is -1.20. The number of carbonyl (C=O) groups excluding carboxylic acids is 1. The maximum absolute atomic E-state index is 13.2. The third kappa shape index (κ3) is 3.67. The van der Waals surface area contributed by atoms with Gasteiger partial charge in [-0.25, -0.2) is 8.78 Å². The number of benzene rings is 1. The number of rotatable bonds is 3. The molecule has 1 heterocycles. The molecule has 110 valence electrons. The zero-order valence-electron chi connectivity index (χ0n) is 11.1. The summed E-state index contributed by atoms with van der Waals surface area (Å²) in [5.74, 6) is -1.62. The summed E-state index contributed by atoms with van der Waals surface area (Å²) in [5.41, 5.74) is 0.190. The first-order valence-corrected chi connectivity index (χ1v) is 7.18. The summed E-state index contributed by atoms with van der Waals surface area (Å²) < 4.78 is 26.1. The van der Waals surface area contributed by atoms with Crippen molar-refractivity contribution in [3.05, 3.63) is 35.4 Å². The van der Waals surface area contributed by atoms with Gasteiger partial charge in [-0.05, 0) is 31.2 Å². The Morgan fingerprint density at radius 2 is 1.95 bits per heavy atom. The number of carbonyl (C=O) groups is 1. The fraction of sp³-hybridized carbons (Fsp3) is 0.500. The molecule has 0 N–H and O–H groups in total. The van der Waals surface area contributed by atoms with Gasteiger partial charge >= 0.3 is 0 Å². The maximum Gasteiger partial charge on any atom is 0.254 e. The highest BCUT2D eigenvalue weighted by Gasteiger charge is 2.20. The van der Waals surface area contributed by atoms with E-state index < -0.39 is 11.6 Å². The Balaban J connectivity index is 2.03. The molecule has 1 fully saturated rings. The lowest BCUT2D eigenvalue weighted by molar-refractivity contribution is 0.0761. The molecule has 1 aliphatic rings. The van der Waals surface area contributed by atoms with E-state index in [-0.39, 0.29) is 11.5 Å². The number of hydrogen-bond donors (Lipinski definition) is 0. The predicted molar refractivity (Wildman–Crippen MR) is 74.0 cm³/mol. The van der Waals surface area contributed by atoms with Gasteiger partial charge in [0.05, 0.1) is 0 Å². The van der Waals surface area contributed by atoms with Crippen molar-refractivity contribution >= 4 is 17.5 Å². The molecule has 1 aromatic rings. The Morgan fingerprint density at radius 3 is 2.65 bits per heavy atom. The third-order valence-electron chi connectivity index (χ3n) is 3.44. The Morgan fingerprint density at radius 1 is 1.15 bits per heavy atom. The van der Waals surface area contributed by atoms with Gasteiger partial charge in [0.15, 0.2) is 11.6 Å². The first kappa shape index (κ1) is 15.2. The number of amides is 1. The van der Waals surface area contributed by atoms with Crippen molar-refractivity contribution in [2.75, 3.05) is 38.6 Å². The Bertz CT molecular complexity index is 484. The summed E-state index contributed by atoms with van der Waals surface area (Å²) in [6, 6.07) is 3.27. The quantitative estimate of drug-likeness (QED) is 0.800. The van der Waals surface area contributed by atoms with Crippen molar-refractivity contribution in [3.8, 4) is 0 Å². The minimum Gasteiger partial charge on any atom is -0.337 e. The molecule has 0 aliphatic carbocycles. The summed E-state index contributed by atoms with van der Waals surface area (Å²) in [6.07, 6.45) is 0.853. The second-order valence-corrected chi connectivity index (χ2v) is 5.18. The van der Waals surface area contributed by atoms with Crippen LogP contribution < -0.4 is 0 Å². The highest BCUT2D eigenvalue weighted by molar-refractivity contribution is 6.18. The first-order valence-electron chi connectivity index (χ1n) is 6.64. The Labute approximate surface area is 122 Å². The molecule has 1 aromatic carbocycles. The lowest BCUT2D eigenvalue weighted by Gasteiger charge is -2.21. The first-order chi connectivity index (χ1) is 9.61. The third-order valence-corrected chi connectivity index (χ3v) is 3.61. The fourth-order valence-corrected chi connectivity index (χ4v) is 2.57. The topological polar surface area (TPSA) is 23.6 Å². The predicted octanol–water partition coefficient (Wildman–Crippen LogP) is 2.35. The minimum absolute atomic E-state index is 0.190. The largest absolute Gasteiger partial charge is 0.337 e. The van der Waals surface area contributed by atoms with E-state index in [0.717, 1.165) is 38.2 Å². The van der Waals surface area contributed by atoms with Crippen LogP contribution in [0, 0.1) is 11.6 Å². The van der Waals surface area contributed by atoms with Crippen molar-refractivity contribution in [1.82, 2.24) is 9.80 Å². The standard InChI is InChI=1S/C14H17ClF2N2O/c15-4-7-18-5-1-6-19(9-8-18)14(20)11-2-3-12(16)13(17)10-11/h2-3,10H,1,4-9H2. The molecule has 6 heteroatoms. The Kier molecular flexibility index (Phi) is 5.31. The smallest absolute Gasteiger partial charge is 0.254 e. The van der Waals surface area contributed by atoms with Gasteiger partial charge in [-0.3, -0.25) is 4.79 Å². The summed E-state index contributed by atoms with van der Waals surface area (Å²) >= 11 is 5.72. The lowest BCUT2D eigenvalue weighted by Crippen LogP contribution is -2.35. The monoisotopic (exact) mass is 302 g/mol. The van der Waals surface area contributed by atoms with Gasteiger partial charge < -0.3 is 9.80 Å².